The topological polar surface area (TPSA) is 101 Å². The van der Waals surface area contributed by atoms with Crippen molar-refractivity contribution < 1.29 is 38.4 Å². The van der Waals surface area contributed by atoms with E-state index in [-0.39, 0.29) is 26.4 Å². The van der Waals surface area contributed by atoms with E-state index in [0.717, 1.165) is 0 Å². The molecule has 1 atom stereocenters. The van der Waals surface area contributed by atoms with Crippen LogP contribution in [0.3, 0.4) is 0 Å². The second kappa shape index (κ2) is 14.4. The van der Waals surface area contributed by atoms with Crippen molar-refractivity contribution >= 4 is 27.9 Å². The van der Waals surface area contributed by atoms with E-state index >= 15 is 0 Å². The van der Waals surface area contributed by atoms with Gasteiger partial charge in [0.2, 0.25) is 0 Å². The summed E-state index contributed by atoms with van der Waals surface area (Å²) in [5.74, 6) is -1.42. The summed E-state index contributed by atoms with van der Waals surface area (Å²) >= 11 is 3.19. The van der Waals surface area contributed by atoms with Gasteiger partial charge < -0.3 is 28.8 Å². The number of alkyl halides is 1. The third-order valence-corrected chi connectivity index (χ3v) is 3.13. The number of aliphatic hydroxyl groups is 1. The fourth-order valence-corrected chi connectivity index (χ4v) is 1.50. The first-order chi connectivity index (χ1) is 11.8. The second-order valence-electron chi connectivity index (χ2n) is 5.70. The molecule has 9 heteroatoms. The van der Waals surface area contributed by atoms with Crippen LogP contribution < -0.4 is 0 Å². The predicted molar refractivity (Wildman–Crippen MR) is 93.6 cm³/mol. The summed E-state index contributed by atoms with van der Waals surface area (Å²) in [7, 11) is 0. The molecule has 148 valence electrons. The Morgan fingerprint density at radius 1 is 0.920 bits per heavy atom. The minimum atomic E-state index is -0.780. The van der Waals surface area contributed by atoms with Crippen LogP contribution in [0.25, 0.3) is 0 Å². The van der Waals surface area contributed by atoms with Crippen LogP contribution in [-0.4, -0.2) is 80.8 Å². The maximum absolute atomic E-state index is 11.7. The minimum absolute atomic E-state index is 0.00260. The molecule has 8 nitrogen and oxygen atoms in total. The van der Waals surface area contributed by atoms with Gasteiger partial charge in [0.15, 0.2) is 0 Å². The summed E-state index contributed by atoms with van der Waals surface area (Å²) in [6.45, 7) is 7.27. The Hall–Kier alpha value is -0.740. The third-order valence-electron chi connectivity index (χ3n) is 2.80. The van der Waals surface area contributed by atoms with Crippen molar-refractivity contribution in [1.29, 1.82) is 0 Å². The van der Waals surface area contributed by atoms with Crippen LogP contribution in [0.1, 0.15) is 20.8 Å². The van der Waals surface area contributed by atoms with Gasteiger partial charge in [-0.3, -0.25) is 9.59 Å². The molecular weight excluding hydrogens is 400 g/mol. The van der Waals surface area contributed by atoms with Crippen LogP contribution in [0.2, 0.25) is 0 Å². The van der Waals surface area contributed by atoms with Crippen LogP contribution in [-0.2, 0) is 33.3 Å². The highest BCUT2D eigenvalue weighted by Crippen LogP contribution is 2.18. The summed E-state index contributed by atoms with van der Waals surface area (Å²) in [6.07, 6.45) is 0. The van der Waals surface area contributed by atoms with Crippen molar-refractivity contribution in [2.24, 2.45) is 5.92 Å². The monoisotopic (exact) mass is 428 g/mol. The van der Waals surface area contributed by atoms with Gasteiger partial charge in [-0.15, -0.1) is 0 Å². The van der Waals surface area contributed by atoms with E-state index in [1.54, 1.807) is 20.8 Å². The summed E-state index contributed by atoms with van der Waals surface area (Å²) in [6, 6.07) is 0. The summed E-state index contributed by atoms with van der Waals surface area (Å²) in [4.78, 5) is 23.3. The zero-order valence-electron chi connectivity index (χ0n) is 15.1. The highest BCUT2D eigenvalue weighted by molar-refractivity contribution is 9.10. The highest BCUT2D eigenvalue weighted by Gasteiger charge is 2.27. The summed E-state index contributed by atoms with van der Waals surface area (Å²) < 4.78 is 24.8. The lowest BCUT2D eigenvalue weighted by Gasteiger charge is -2.17. The van der Waals surface area contributed by atoms with Crippen LogP contribution in [0.15, 0.2) is 0 Å². The Labute approximate surface area is 157 Å². The van der Waals surface area contributed by atoms with Gasteiger partial charge in [-0.2, -0.15) is 0 Å². The average molecular weight is 429 g/mol. The van der Waals surface area contributed by atoms with Crippen molar-refractivity contribution in [3.63, 3.8) is 0 Å². The maximum Gasteiger partial charge on any atom is 0.322 e. The maximum atomic E-state index is 11.7. The lowest BCUT2D eigenvalue weighted by Crippen LogP contribution is -2.30. The average Bonchev–Trinajstić information content (AvgIpc) is 2.56. The van der Waals surface area contributed by atoms with E-state index < -0.39 is 22.2 Å². The Kier molecular flexibility index (Phi) is 14.0. The molecule has 0 bridgehead atoms. The quantitative estimate of drug-likeness (QED) is 0.233. The van der Waals surface area contributed by atoms with Crippen molar-refractivity contribution in [2.75, 3.05) is 59.5 Å². The summed E-state index contributed by atoms with van der Waals surface area (Å²) in [5, 5.41) is 8.50. The molecule has 0 rings (SSSR count). The first-order valence-electron chi connectivity index (χ1n) is 8.16. The van der Waals surface area contributed by atoms with Gasteiger partial charge in [-0.1, -0.05) is 15.9 Å². The predicted octanol–water partition coefficient (Wildman–Crippen LogP) is 0.925. The fraction of sp³-hybridized carbons (Fsp3) is 0.875. The molecule has 1 N–H and O–H groups in total. The van der Waals surface area contributed by atoms with E-state index in [1.807, 2.05) is 0 Å². The largest absolute Gasteiger partial charge is 0.464 e. The molecule has 0 aliphatic carbocycles. The number of hydrogen-bond acceptors (Lipinski definition) is 8. The summed E-state index contributed by atoms with van der Waals surface area (Å²) in [5.41, 5.74) is 0. The number of hydrogen-bond donors (Lipinski definition) is 1. The van der Waals surface area contributed by atoms with Crippen LogP contribution >= 0.6 is 15.9 Å². The van der Waals surface area contributed by atoms with Crippen molar-refractivity contribution in [3.8, 4) is 0 Å². The van der Waals surface area contributed by atoms with Gasteiger partial charge in [0, 0.05) is 0 Å². The molecule has 0 radical (unpaired) electrons. The molecule has 0 amide bonds. The molecular formula is C16H29BrO8. The molecule has 0 fully saturated rings. The molecule has 0 spiro atoms. The van der Waals surface area contributed by atoms with Crippen molar-refractivity contribution in [2.45, 2.75) is 25.1 Å². The molecule has 0 saturated carbocycles. The van der Waals surface area contributed by atoms with Crippen LogP contribution in [0.5, 0.6) is 0 Å². The molecule has 0 aliphatic rings. The molecule has 1 unspecified atom stereocenters. The fourth-order valence-electron chi connectivity index (χ4n) is 1.39. The normalized spacial score (nSPS) is 12.7. The van der Waals surface area contributed by atoms with Crippen LogP contribution in [0, 0.1) is 5.92 Å². The van der Waals surface area contributed by atoms with Gasteiger partial charge >= 0.3 is 11.9 Å². The number of ether oxygens (including phenoxy) is 5. The van der Waals surface area contributed by atoms with Gasteiger partial charge in [-0.05, 0) is 20.8 Å². The zero-order valence-corrected chi connectivity index (χ0v) is 16.7. The third kappa shape index (κ3) is 14.1. The molecule has 25 heavy (non-hydrogen) atoms. The minimum Gasteiger partial charge on any atom is -0.464 e. The van der Waals surface area contributed by atoms with Crippen molar-refractivity contribution in [1.82, 2.24) is 0 Å². The molecule has 0 aromatic rings. The zero-order chi connectivity index (χ0) is 19.1. The molecule has 0 aromatic heterocycles. The van der Waals surface area contributed by atoms with E-state index in [2.05, 4.69) is 15.9 Å². The first kappa shape index (κ1) is 24.3. The standard InChI is InChI=1S/C16H29BrO8/c1-13(12-25-15(20)16(2,3)17)14(19)24-11-10-23-9-8-22-7-6-21-5-4-18/h13,18H,4-12H2,1-3H3. The Morgan fingerprint density at radius 3 is 1.88 bits per heavy atom. The lowest BCUT2D eigenvalue weighted by molar-refractivity contribution is -0.156. The van der Waals surface area contributed by atoms with E-state index in [4.69, 9.17) is 28.8 Å². The first-order valence-corrected chi connectivity index (χ1v) is 8.95. The highest BCUT2D eigenvalue weighted by atomic mass is 79.9. The number of halogens is 1. The number of carbonyl (C=O) groups excluding carboxylic acids is 2. The van der Waals surface area contributed by atoms with Gasteiger partial charge in [0.1, 0.15) is 17.5 Å². The molecule has 0 heterocycles. The van der Waals surface area contributed by atoms with E-state index in [1.165, 1.54) is 0 Å². The second-order valence-corrected chi connectivity index (χ2v) is 7.68. The lowest BCUT2D eigenvalue weighted by atomic mass is 10.2. The Balaban J connectivity index is 3.52. The Morgan fingerprint density at radius 2 is 1.40 bits per heavy atom. The Bertz CT molecular complexity index is 370. The molecule has 0 aliphatic heterocycles. The van der Waals surface area contributed by atoms with Gasteiger partial charge in [-0.25, -0.2) is 0 Å². The van der Waals surface area contributed by atoms with Gasteiger partial charge in [0.25, 0.3) is 0 Å². The van der Waals surface area contributed by atoms with Crippen molar-refractivity contribution in [3.05, 3.63) is 0 Å². The SMILES string of the molecule is CC(COC(=O)C(C)(C)Br)C(=O)OCCOCCOCCOCCO. The van der Waals surface area contributed by atoms with Gasteiger partial charge in [0.05, 0.1) is 52.2 Å². The molecule has 0 aromatic carbocycles. The number of esters is 2. The number of rotatable bonds is 15. The number of carbonyl (C=O) groups is 2. The van der Waals surface area contributed by atoms with E-state index in [9.17, 15) is 9.59 Å². The smallest absolute Gasteiger partial charge is 0.322 e. The van der Waals surface area contributed by atoms with E-state index in [0.29, 0.717) is 33.0 Å². The molecule has 0 saturated heterocycles. The number of aliphatic hydroxyl groups excluding tert-OH is 1. The van der Waals surface area contributed by atoms with Crippen LogP contribution in [0.4, 0.5) is 0 Å².